The minimum atomic E-state index is -0.379. The maximum Gasteiger partial charge on any atom is 0.317 e. The molecule has 25 heavy (non-hydrogen) atoms. The van der Waals surface area contributed by atoms with Gasteiger partial charge in [-0.05, 0) is 18.9 Å². The molecule has 1 aliphatic rings. The van der Waals surface area contributed by atoms with Crippen LogP contribution in [0, 0.1) is 5.92 Å². The minimum Gasteiger partial charge on any atom is -0.393 e. The number of aryl methyl sites for hydroxylation is 1. The van der Waals surface area contributed by atoms with Gasteiger partial charge in [-0.3, -0.25) is 0 Å². The van der Waals surface area contributed by atoms with Crippen molar-refractivity contribution in [2.75, 3.05) is 13.1 Å². The van der Waals surface area contributed by atoms with Crippen LogP contribution in [0.1, 0.15) is 30.8 Å². The number of likely N-dealkylation sites (tertiary alicyclic amines) is 1. The van der Waals surface area contributed by atoms with Crippen LogP contribution in [-0.2, 0) is 13.5 Å². The normalized spacial score (nSPS) is 19.6. The molecule has 3 atom stereocenters. The number of urea groups is 1. The number of aliphatic hydroxyl groups excluding tert-OH is 1. The van der Waals surface area contributed by atoms with E-state index in [1.807, 2.05) is 48.1 Å². The third-order valence-corrected chi connectivity index (χ3v) is 5.00. The fourth-order valence-corrected chi connectivity index (χ4v) is 3.32. The zero-order valence-electron chi connectivity index (χ0n) is 14.8. The Morgan fingerprint density at radius 3 is 2.76 bits per heavy atom. The van der Waals surface area contributed by atoms with Crippen LogP contribution >= 0.6 is 0 Å². The molecule has 3 rings (SSSR count). The van der Waals surface area contributed by atoms with Gasteiger partial charge in [-0.2, -0.15) is 0 Å². The number of benzene rings is 1. The molecule has 0 unspecified atom stereocenters. The van der Waals surface area contributed by atoms with E-state index in [1.54, 1.807) is 18.0 Å². The van der Waals surface area contributed by atoms with Crippen molar-refractivity contribution in [1.82, 2.24) is 19.8 Å². The van der Waals surface area contributed by atoms with Gasteiger partial charge in [0.05, 0.1) is 12.1 Å². The lowest BCUT2D eigenvalue weighted by Gasteiger charge is -2.24. The number of nitrogens with zero attached hydrogens (tertiary/aromatic N) is 3. The number of aliphatic hydroxyl groups is 1. The first-order chi connectivity index (χ1) is 12.0. The fraction of sp³-hybridized carbons (Fsp3) is 0.474. The van der Waals surface area contributed by atoms with Crippen LogP contribution in [0.2, 0.25) is 0 Å². The Labute approximate surface area is 148 Å². The summed E-state index contributed by atoms with van der Waals surface area (Å²) >= 11 is 0. The Morgan fingerprint density at radius 2 is 2.16 bits per heavy atom. The van der Waals surface area contributed by atoms with Gasteiger partial charge in [-0.1, -0.05) is 30.3 Å². The van der Waals surface area contributed by atoms with Crippen molar-refractivity contribution in [1.29, 1.82) is 0 Å². The zero-order chi connectivity index (χ0) is 17.8. The van der Waals surface area contributed by atoms with E-state index < -0.39 is 0 Å². The Balaban J connectivity index is 1.72. The summed E-state index contributed by atoms with van der Waals surface area (Å²) in [5, 5.41) is 12.9. The molecule has 2 amide bonds. The Bertz CT molecular complexity index is 698. The van der Waals surface area contributed by atoms with Gasteiger partial charge in [0.15, 0.2) is 0 Å². The van der Waals surface area contributed by atoms with E-state index in [0.717, 1.165) is 17.8 Å². The van der Waals surface area contributed by atoms with Crippen molar-refractivity contribution in [3.63, 3.8) is 0 Å². The smallest absolute Gasteiger partial charge is 0.317 e. The van der Waals surface area contributed by atoms with Gasteiger partial charge in [0.1, 0.15) is 5.82 Å². The highest BCUT2D eigenvalue weighted by Crippen LogP contribution is 2.22. The molecule has 1 fully saturated rings. The molecule has 1 saturated heterocycles. The van der Waals surface area contributed by atoms with Crippen LogP contribution < -0.4 is 5.32 Å². The number of rotatable bonds is 5. The highest BCUT2D eigenvalue weighted by molar-refractivity contribution is 5.75. The molecule has 0 aliphatic carbocycles. The molecule has 6 nitrogen and oxygen atoms in total. The molecule has 0 spiro atoms. The van der Waals surface area contributed by atoms with Gasteiger partial charge in [0.25, 0.3) is 0 Å². The third kappa shape index (κ3) is 4.20. The number of hydrogen-bond acceptors (Lipinski definition) is 3. The van der Waals surface area contributed by atoms with E-state index in [0.29, 0.717) is 19.5 Å². The third-order valence-electron chi connectivity index (χ3n) is 5.00. The molecule has 6 heteroatoms. The van der Waals surface area contributed by atoms with Gasteiger partial charge in [-0.25, -0.2) is 9.78 Å². The molecule has 2 heterocycles. The average Bonchev–Trinajstić information content (AvgIpc) is 3.25. The monoisotopic (exact) mass is 342 g/mol. The number of aromatic nitrogens is 2. The summed E-state index contributed by atoms with van der Waals surface area (Å²) in [5.41, 5.74) is 1.06. The van der Waals surface area contributed by atoms with Gasteiger partial charge >= 0.3 is 6.03 Å². The first kappa shape index (κ1) is 17.5. The molecular formula is C19H26N4O2. The highest BCUT2D eigenvalue weighted by Gasteiger charge is 2.30. The molecule has 0 radical (unpaired) electrons. The van der Waals surface area contributed by atoms with Crippen LogP contribution in [0.4, 0.5) is 4.79 Å². The van der Waals surface area contributed by atoms with E-state index >= 15 is 0 Å². The van der Waals surface area contributed by atoms with E-state index in [2.05, 4.69) is 10.3 Å². The topological polar surface area (TPSA) is 70.4 Å². The minimum absolute atomic E-state index is 0.0776. The number of imidazole rings is 1. The van der Waals surface area contributed by atoms with Crippen molar-refractivity contribution in [2.45, 2.75) is 31.9 Å². The standard InChI is InChI=1S/C19H26N4O2/c1-14(24)16-8-10-23(13-16)19(25)21-17(15-6-4-3-5-7-15)12-18-20-9-11-22(18)2/h3-7,9,11,14,16-17,24H,8,10,12-13H2,1-2H3,(H,21,25)/t14-,16-,17+/m0/s1. The summed E-state index contributed by atoms with van der Waals surface area (Å²) in [4.78, 5) is 18.9. The lowest BCUT2D eigenvalue weighted by Crippen LogP contribution is -2.41. The Kier molecular flexibility index (Phi) is 5.38. The second kappa shape index (κ2) is 7.70. The molecular weight excluding hydrogens is 316 g/mol. The second-order valence-electron chi connectivity index (χ2n) is 6.81. The van der Waals surface area contributed by atoms with E-state index in [1.165, 1.54) is 0 Å². The summed E-state index contributed by atoms with van der Waals surface area (Å²) in [5.74, 6) is 1.09. The van der Waals surface area contributed by atoms with Crippen LogP contribution in [0.3, 0.4) is 0 Å². The predicted molar refractivity (Wildman–Crippen MR) is 96.0 cm³/mol. The highest BCUT2D eigenvalue weighted by atomic mass is 16.3. The quantitative estimate of drug-likeness (QED) is 0.874. The van der Waals surface area contributed by atoms with Crippen molar-refractivity contribution in [2.24, 2.45) is 13.0 Å². The molecule has 1 aromatic heterocycles. The van der Waals surface area contributed by atoms with Crippen LogP contribution in [0.25, 0.3) is 0 Å². The van der Waals surface area contributed by atoms with Gasteiger partial charge in [0, 0.05) is 44.9 Å². The summed E-state index contributed by atoms with van der Waals surface area (Å²) in [6.07, 6.45) is 4.78. The van der Waals surface area contributed by atoms with Crippen molar-refractivity contribution in [3.8, 4) is 0 Å². The number of carbonyl (C=O) groups is 1. The molecule has 0 bridgehead atoms. The van der Waals surface area contributed by atoms with E-state index in [-0.39, 0.29) is 24.1 Å². The van der Waals surface area contributed by atoms with Crippen LogP contribution in [-0.4, -0.2) is 44.8 Å². The first-order valence-electron chi connectivity index (χ1n) is 8.79. The van der Waals surface area contributed by atoms with Gasteiger partial charge in [-0.15, -0.1) is 0 Å². The molecule has 2 N–H and O–H groups in total. The molecule has 2 aromatic rings. The summed E-state index contributed by atoms with van der Waals surface area (Å²) in [7, 11) is 1.96. The molecule has 0 saturated carbocycles. The lowest BCUT2D eigenvalue weighted by molar-refractivity contribution is 0.129. The zero-order valence-corrected chi connectivity index (χ0v) is 14.8. The van der Waals surface area contributed by atoms with Gasteiger partial charge < -0.3 is 19.9 Å². The number of amides is 2. The Morgan fingerprint density at radius 1 is 1.40 bits per heavy atom. The van der Waals surface area contributed by atoms with E-state index in [9.17, 15) is 9.90 Å². The predicted octanol–water partition coefficient (Wildman–Crippen LogP) is 2.12. The number of nitrogens with one attached hydrogen (secondary N) is 1. The van der Waals surface area contributed by atoms with Gasteiger partial charge in [0.2, 0.25) is 0 Å². The summed E-state index contributed by atoms with van der Waals surface area (Å²) < 4.78 is 1.97. The second-order valence-corrected chi connectivity index (χ2v) is 6.81. The van der Waals surface area contributed by atoms with E-state index in [4.69, 9.17) is 0 Å². The number of carbonyl (C=O) groups excluding carboxylic acids is 1. The van der Waals surface area contributed by atoms with Crippen molar-refractivity contribution < 1.29 is 9.90 Å². The first-order valence-corrected chi connectivity index (χ1v) is 8.79. The SMILES string of the molecule is C[C@H](O)[C@H]1CCN(C(=O)N[C@H](Cc2nccn2C)c2ccccc2)C1. The van der Waals surface area contributed by atoms with Crippen LogP contribution in [0.15, 0.2) is 42.7 Å². The molecule has 1 aliphatic heterocycles. The van der Waals surface area contributed by atoms with Crippen molar-refractivity contribution in [3.05, 3.63) is 54.1 Å². The molecule has 134 valence electrons. The average molecular weight is 342 g/mol. The summed E-state index contributed by atoms with van der Waals surface area (Å²) in [6, 6.07) is 9.76. The maximum atomic E-state index is 12.7. The number of hydrogen-bond donors (Lipinski definition) is 2. The molecule has 1 aromatic carbocycles. The summed E-state index contributed by atoms with van der Waals surface area (Å²) in [6.45, 7) is 3.08. The van der Waals surface area contributed by atoms with Crippen molar-refractivity contribution >= 4 is 6.03 Å². The largest absolute Gasteiger partial charge is 0.393 e. The lowest BCUT2D eigenvalue weighted by atomic mass is 10.0. The Hall–Kier alpha value is -2.34. The maximum absolute atomic E-state index is 12.7. The fourth-order valence-electron chi connectivity index (χ4n) is 3.32. The van der Waals surface area contributed by atoms with Crippen LogP contribution in [0.5, 0.6) is 0 Å².